The van der Waals surface area contributed by atoms with Gasteiger partial charge in [0.1, 0.15) is 0 Å². The maximum absolute atomic E-state index is 12.0. The molecule has 1 rings (SSSR count). The van der Waals surface area contributed by atoms with Gasteiger partial charge in [-0.2, -0.15) is 0 Å². The van der Waals surface area contributed by atoms with Crippen LogP contribution in [-0.2, 0) is 14.8 Å². The third-order valence-electron chi connectivity index (χ3n) is 3.62. The highest BCUT2D eigenvalue weighted by atomic mass is 32.2. The number of amides is 1. The number of carbonyl (C=O) groups is 1. The van der Waals surface area contributed by atoms with Crippen molar-refractivity contribution in [3.8, 4) is 0 Å². The number of nitrogens with one attached hydrogen (secondary N) is 1. The predicted octanol–water partition coefficient (Wildman–Crippen LogP) is 1.83. The molecule has 23 heavy (non-hydrogen) atoms. The van der Waals surface area contributed by atoms with Crippen LogP contribution in [0.15, 0.2) is 24.3 Å². The molecule has 0 saturated heterocycles. The molecule has 6 nitrogen and oxygen atoms in total. The molecule has 0 aliphatic heterocycles. The van der Waals surface area contributed by atoms with Gasteiger partial charge in [0.15, 0.2) is 0 Å². The second-order valence-corrected chi connectivity index (χ2v) is 7.13. The molecule has 0 aliphatic carbocycles. The summed E-state index contributed by atoms with van der Waals surface area (Å²) in [7, 11) is -3.40. The van der Waals surface area contributed by atoms with Crippen LogP contribution in [0.5, 0.6) is 0 Å². The van der Waals surface area contributed by atoms with Crippen molar-refractivity contribution in [2.45, 2.75) is 27.2 Å². The zero-order chi connectivity index (χ0) is 17.5. The Hall–Kier alpha value is -1.76. The van der Waals surface area contributed by atoms with Crippen LogP contribution in [0.25, 0.3) is 0 Å². The summed E-state index contributed by atoms with van der Waals surface area (Å²) in [6.45, 7) is 8.22. The van der Waals surface area contributed by atoms with E-state index in [4.69, 9.17) is 0 Å². The van der Waals surface area contributed by atoms with Crippen molar-refractivity contribution >= 4 is 27.3 Å². The van der Waals surface area contributed by atoms with Crippen LogP contribution in [0.1, 0.15) is 27.2 Å². The maximum atomic E-state index is 12.0. The molecule has 130 valence electrons. The van der Waals surface area contributed by atoms with Crippen LogP contribution >= 0.6 is 0 Å². The average molecular weight is 341 g/mol. The zero-order valence-electron chi connectivity index (χ0n) is 14.4. The van der Waals surface area contributed by atoms with Crippen molar-refractivity contribution in [3.63, 3.8) is 0 Å². The fourth-order valence-corrected chi connectivity index (χ4v) is 3.25. The van der Waals surface area contributed by atoms with Gasteiger partial charge in [-0.1, -0.05) is 6.92 Å². The summed E-state index contributed by atoms with van der Waals surface area (Å²) in [5, 5.41) is 2.70. The lowest BCUT2D eigenvalue weighted by molar-refractivity contribution is -0.120. The van der Waals surface area contributed by atoms with Gasteiger partial charge in [-0.3, -0.25) is 9.10 Å². The molecular formula is C16H27N3O3S. The number of carbonyl (C=O) groups excluding carboxylic acids is 1. The Morgan fingerprint density at radius 2 is 1.57 bits per heavy atom. The molecule has 0 unspecified atom stereocenters. The molecule has 1 N–H and O–H groups in total. The SMILES string of the molecule is CCC(=O)NCCN(c1ccc(N(CC)CC)cc1)S(C)(=O)=O. The molecular weight excluding hydrogens is 314 g/mol. The number of hydrogen-bond acceptors (Lipinski definition) is 4. The lowest BCUT2D eigenvalue weighted by atomic mass is 10.2. The normalized spacial score (nSPS) is 11.1. The van der Waals surface area contributed by atoms with E-state index in [1.165, 1.54) is 10.6 Å². The van der Waals surface area contributed by atoms with Crippen molar-refractivity contribution < 1.29 is 13.2 Å². The first-order chi connectivity index (χ1) is 10.8. The molecule has 0 saturated carbocycles. The molecule has 0 aliphatic rings. The summed E-state index contributed by atoms with van der Waals surface area (Å²) >= 11 is 0. The van der Waals surface area contributed by atoms with Crippen LogP contribution in [-0.4, -0.2) is 46.8 Å². The van der Waals surface area contributed by atoms with E-state index in [2.05, 4.69) is 24.1 Å². The van der Waals surface area contributed by atoms with Gasteiger partial charge in [-0.25, -0.2) is 8.42 Å². The molecule has 1 amide bonds. The Labute approximate surface area is 139 Å². The number of hydrogen-bond donors (Lipinski definition) is 1. The van der Waals surface area contributed by atoms with E-state index >= 15 is 0 Å². The highest BCUT2D eigenvalue weighted by Crippen LogP contribution is 2.22. The minimum atomic E-state index is -3.40. The van der Waals surface area contributed by atoms with Gasteiger partial charge in [0.05, 0.1) is 18.5 Å². The van der Waals surface area contributed by atoms with E-state index in [9.17, 15) is 13.2 Å². The number of anilines is 2. The highest BCUT2D eigenvalue weighted by Gasteiger charge is 2.17. The van der Waals surface area contributed by atoms with Gasteiger partial charge < -0.3 is 10.2 Å². The Kier molecular flexibility index (Phi) is 7.35. The Morgan fingerprint density at radius 1 is 1.04 bits per heavy atom. The van der Waals surface area contributed by atoms with Gasteiger partial charge in [0.2, 0.25) is 15.9 Å². The van der Waals surface area contributed by atoms with Gasteiger partial charge in [-0.15, -0.1) is 0 Å². The average Bonchev–Trinajstić information content (AvgIpc) is 2.52. The van der Waals surface area contributed by atoms with Gasteiger partial charge in [-0.05, 0) is 38.1 Å². The molecule has 0 bridgehead atoms. The first kappa shape index (κ1) is 19.3. The Morgan fingerprint density at radius 3 is 2.00 bits per heavy atom. The smallest absolute Gasteiger partial charge is 0.232 e. The van der Waals surface area contributed by atoms with E-state index in [1.807, 2.05) is 12.1 Å². The first-order valence-corrected chi connectivity index (χ1v) is 9.77. The summed E-state index contributed by atoms with van der Waals surface area (Å²) in [4.78, 5) is 13.5. The van der Waals surface area contributed by atoms with Crippen molar-refractivity contribution in [2.75, 3.05) is 41.6 Å². The third-order valence-corrected chi connectivity index (χ3v) is 4.82. The summed E-state index contributed by atoms with van der Waals surface area (Å²) in [5.41, 5.74) is 1.67. The van der Waals surface area contributed by atoms with Gasteiger partial charge in [0.25, 0.3) is 0 Å². The minimum absolute atomic E-state index is 0.0877. The number of sulfonamides is 1. The van der Waals surface area contributed by atoms with Crippen LogP contribution in [0.4, 0.5) is 11.4 Å². The van der Waals surface area contributed by atoms with E-state index in [-0.39, 0.29) is 19.0 Å². The standard InChI is InChI=1S/C16H27N3O3S/c1-5-16(20)17-12-13-19(23(4,21)22)15-10-8-14(9-11-15)18(6-2)7-3/h8-11H,5-7,12-13H2,1-4H3,(H,17,20). The fraction of sp³-hybridized carbons (Fsp3) is 0.562. The first-order valence-electron chi connectivity index (χ1n) is 7.92. The Balaban J connectivity index is 2.89. The third kappa shape index (κ3) is 5.74. The fourth-order valence-electron chi connectivity index (χ4n) is 2.33. The highest BCUT2D eigenvalue weighted by molar-refractivity contribution is 7.92. The molecule has 0 atom stereocenters. The summed E-state index contributed by atoms with van der Waals surface area (Å²) in [6, 6.07) is 7.45. The van der Waals surface area contributed by atoms with E-state index in [0.717, 1.165) is 18.8 Å². The molecule has 0 heterocycles. The number of nitrogens with zero attached hydrogens (tertiary/aromatic N) is 2. The summed E-state index contributed by atoms with van der Waals surface area (Å²) in [5.74, 6) is -0.0877. The predicted molar refractivity (Wildman–Crippen MR) is 95.5 cm³/mol. The summed E-state index contributed by atoms with van der Waals surface area (Å²) in [6.07, 6.45) is 1.56. The van der Waals surface area contributed by atoms with Crippen molar-refractivity contribution in [2.24, 2.45) is 0 Å². The van der Waals surface area contributed by atoms with Crippen molar-refractivity contribution in [1.82, 2.24) is 5.32 Å². The van der Waals surface area contributed by atoms with Gasteiger partial charge in [0, 0.05) is 31.7 Å². The lowest BCUT2D eigenvalue weighted by Crippen LogP contribution is -2.38. The van der Waals surface area contributed by atoms with E-state index in [0.29, 0.717) is 12.1 Å². The van der Waals surface area contributed by atoms with Gasteiger partial charge >= 0.3 is 0 Å². The van der Waals surface area contributed by atoms with Crippen LogP contribution in [0.3, 0.4) is 0 Å². The zero-order valence-corrected chi connectivity index (χ0v) is 15.2. The number of benzene rings is 1. The quantitative estimate of drug-likeness (QED) is 0.744. The molecule has 1 aromatic rings. The molecule has 1 aromatic carbocycles. The largest absolute Gasteiger partial charge is 0.372 e. The molecule has 0 radical (unpaired) electrons. The molecule has 0 fully saturated rings. The molecule has 0 spiro atoms. The van der Waals surface area contributed by atoms with Crippen LogP contribution in [0, 0.1) is 0 Å². The monoisotopic (exact) mass is 341 g/mol. The second kappa shape index (κ2) is 8.76. The number of rotatable bonds is 9. The lowest BCUT2D eigenvalue weighted by Gasteiger charge is -2.25. The van der Waals surface area contributed by atoms with E-state index < -0.39 is 10.0 Å². The summed E-state index contributed by atoms with van der Waals surface area (Å²) < 4.78 is 25.3. The van der Waals surface area contributed by atoms with Crippen LogP contribution in [0.2, 0.25) is 0 Å². The van der Waals surface area contributed by atoms with Crippen molar-refractivity contribution in [1.29, 1.82) is 0 Å². The second-order valence-electron chi connectivity index (χ2n) is 5.23. The molecule has 0 aromatic heterocycles. The van der Waals surface area contributed by atoms with Crippen LogP contribution < -0.4 is 14.5 Å². The Bertz CT molecular complexity index is 596. The van der Waals surface area contributed by atoms with E-state index in [1.54, 1.807) is 19.1 Å². The maximum Gasteiger partial charge on any atom is 0.232 e. The molecule has 7 heteroatoms. The minimum Gasteiger partial charge on any atom is -0.372 e. The topological polar surface area (TPSA) is 69.7 Å². The van der Waals surface area contributed by atoms with Crippen molar-refractivity contribution in [3.05, 3.63) is 24.3 Å².